The molecule has 5 nitrogen and oxygen atoms in total. The van der Waals surface area contributed by atoms with Gasteiger partial charge < -0.3 is 15.0 Å². The van der Waals surface area contributed by atoms with Gasteiger partial charge in [0.05, 0.1) is 12.6 Å². The molecule has 0 fully saturated rings. The zero-order valence-corrected chi connectivity index (χ0v) is 18.6. The number of fused-ring (bicyclic) bond motifs is 1. The molecule has 7 heteroatoms. The fraction of sp³-hybridized carbons (Fsp3) is 0.273. The van der Waals surface area contributed by atoms with Crippen molar-refractivity contribution in [2.75, 3.05) is 39.6 Å². The number of hydrogen-bond acceptors (Lipinski definition) is 5. The molecule has 3 aromatic rings. The van der Waals surface area contributed by atoms with Crippen LogP contribution in [0.3, 0.4) is 0 Å². The molecular weight excluding hydrogens is 407 g/mol. The Morgan fingerprint density at radius 2 is 1.69 bits per heavy atom. The predicted molar refractivity (Wildman–Crippen MR) is 128 cm³/mol. The SMILES string of the molecule is COc1ccc(/C=C\c2nc(NCCCN(C)C)c3ccccc3n2)cc1.Cl.Cl. The molecule has 0 spiro atoms. The summed E-state index contributed by atoms with van der Waals surface area (Å²) in [6, 6.07) is 16.0. The summed E-state index contributed by atoms with van der Waals surface area (Å²) in [5.74, 6) is 2.42. The van der Waals surface area contributed by atoms with E-state index in [9.17, 15) is 0 Å². The molecule has 0 atom stereocenters. The van der Waals surface area contributed by atoms with E-state index in [1.807, 2.05) is 54.6 Å². The standard InChI is InChI=1S/C22H26N4O.2ClH/c1-26(2)16-6-15-23-22-19-7-4-5-8-20(19)24-21(25-22)14-11-17-9-12-18(27-3)13-10-17;;/h4-5,7-14H,6,15-16H2,1-3H3,(H,23,24,25);2*1H/b14-11-;;. The molecule has 1 aromatic heterocycles. The summed E-state index contributed by atoms with van der Waals surface area (Å²) in [4.78, 5) is 11.6. The van der Waals surface area contributed by atoms with Crippen LogP contribution in [0.25, 0.3) is 23.1 Å². The minimum atomic E-state index is 0. The number of methoxy groups -OCH3 is 1. The van der Waals surface area contributed by atoms with Gasteiger partial charge in [0.1, 0.15) is 11.6 Å². The van der Waals surface area contributed by atoms with Crippen molar-refractivity contribution in [2.24, 2.45) is 0 Å². The van der Waals surface area contributed by atoms with E-state index in [0.29, 0.717) is 5.82 Å². The van der Waals surface area contributed by atoms with Crippen molar-refractivity contribution in [3.8, 4) is 5.75 Å². The average Bonchev–Trinajstić information content (AvgIpc) is 2.69. The second kappa shape index (κ2) is 12.3. The van der Waals surface area contributed by atoms with Crippen molar-refractivity contribution in [3.05, 3.63) is 59.9 Å². The van der Waals surface area contributed by atoms with Crippen molar-refractivity contribution in [1.82, 2.24) is 14.9 Å². The number of benzene rings is 2. The molecule has 0 amide bonds. The lowest BCUT2D eigenvalue weighted by Gasteiger charge is -2.12. The summed E-state index contributed by atoms with van der Waals surface area (Å²) in [6.45, 7) is 1.92. The maximum absolute atomic E-state index is 5.20. The fourth-order valence-electron chi connectivity index (χ4n) is 2.79. The quantitative estimate of drug-likeness (QED) is 0.504. The first kappa shape index (κ1) is 24.7. The summed E-state index contributed by atoms with van der Waals surface area (Å²) >= 11 is 0. The molecule has 0 unspecified atom stereocenters. The summed E-state index contributed by atoms with van der Waals surface area (Å²) in [6.07, 6.45) is 5.01. The monoisotopic (exact) mass is 434 g/mol. The Balaban J connectivity index is 0.00000210. The van der Waals surface area contributed by atoms with Gasteiger partial charge in [-0.25, -0.2) is 9.97 Å². The molecule has 0 saturated carbocycles. The highest BCUT2D eigenvalue weighted by atomic mass is 35.5. The largest absolute Gasteiger partial charge is 0.497 e. The van der Waals surface area contributed by atoms with Crippen LogP contribution in [0, 0.1) is 0 Å². The van der Waals surface area contributed by atoms with Gasteiger partial charge in [0, 0.05) is 11.9 Å². The van der Waals surface area contributed by atoms with Gasteiger partial charge in [-0.15, -0.1) is 24.8 Å². The highest BCUT2D eigenvalue weighted by molar-refractivity contribution is 5.90. The van der Waals surface area contributed by atoms with Crippen LogP contribution in [0.15, 0.2) is 48.5 Å². The van der Waals surface area contributed by atoms with Gasteiger partial charge in [0.2, 0.25) is 0 Å². The maximum Gasteiger partial charge on any atom is 0.154 e. The van der Waals surface area contributed by atoms with Gasteiger partial charge in [-0.05, 0) is 63.0 Å². The molecule has 2 aromatic carbocycles. The van der Waals surface area contributed by atoms with Crippen LogP contribution in [-0.2, 0) is 0 Å². The molecule has 0 radical (unpaired) electrons. The Hall–Kier alpha value is -2.34. The topological polar surface area (TPSA) is 50.3 Å². The van der Waals surface area contributed by atoms with E-state index in [0.717, 1.165) is 47.5 Å². The molecular formula is C22H28Cl2N4O. The molecule has 0 aliphatic rings. The number of ether oxygens (including phenoxy) is 1. The van der Waals surface area contributed by atoms with E-state index < -0.39 is 0 Å². The number of nitrogens with one attached hydrogen (secondary N) is 1. The minimum Gasteiger partial charge on any atom is -0.497 e. The summed E-state index contributed by atoms with van der Waals surface area (Å²) < 4.78 is 5.20. The fourth-order valence-corrected chi connectivity index (χ4v) is 2.79. The number of para-hydroxylation sites is 1. The number of halogens is 2. The highest BCUT2D eigenvalue weighted by Crippen LogP contribution is 2.21. The second-order valence-electron chi connectivity index (χ2n) is 6.64. The predicted octanol–water partition coefficient (Wildman–Crippen LogP) is 5.02. The van der Waals surface area contributed by atoms with E-state index >= 15 is 0 Å². The Morgan fingerprint density at radius 3 is 2.38 bits per heavy atom. The molecule has 1 N–H and O–H groups in total. The van der Waals surface area contributed by atoms with E-state index in [-0.39, 0.29) is 24.8 Å². The Bertz CT molecular complexity index is 914. The first-order chi connectivity index (χ1) is 13.2. The van der Waals surface area contributed by atoms with Crippen LogP contribution in [0.2, 0.25) is 0 Å². The zero-order chi connectivity index (χ0) is 19.1. The summed E-state index contributed by atoms with van der Waals surface area (Å²) in [7, 11) is 5.84. The lowest BCUT2D eigenvalue weighted by molar-refractivity contribution is 0.405. The smallest absolute Gasteiger partial charge is 0.154 e. The molecule has 29 heavy (non-hydrogen) atoms. The van der Waals surface area contributed by atoms with Crippen LogP contribution in [-0.4, -0.2) is 49.2 Å². The maximum atomic E-state index is 5.20. The normalized spacial score (nSPS) is 10.6. The Labute approximate surface area is 185 Å². The number of nitrogens with zero attached hydrogens (tertiary/aromatic N) is 3. The molecule has 156 valence electrons. The Morgan fingerprint density at radius 1 is 0.966 bits per heavy atom. The zero-order valence-electron chi connectivity index (χ0n) is 17.0. The van der Waals surface area contributed by atoms with E-state index in [2.05, 4.69) is 35.4 Å². The highest BCUT2D eigenvalue weighted by Gasteiger charge is 2.05. The molecule has 1 heterocycles. The van der Waals surface area contributed by atoms with Crippen molar-refractivity contribution < 1.29 is 4.74 Å². The second-order valence-corrected chi connectivity index (χ2v) is 6.64. The van der Waals surface area contributed by atoms with Crippen LogP contribution in [0.4, 0.5) is 5.82 Å². The molecule has 0 saturated heterocycles. The van der Waals surface area contributed by atoms with Gasteiger partial charge >= 0.3 is 0 Å². The number of anilines is 1. The minimum absolute atomic E-state index is 0. The van der Waals surface area contributed by atoms with E-state index in [4.69, 9.17) is 9.72 Å². The van der Waals surface area contributed by atoms with Gasteiger partial charge in [0.25, 0.3) is 0 Å². The van der Waals surface area contributed by atoms with Crippen molar-refractivity contribution in [1.29, 1.82) is 0 Å². The first-order valence-corrected chi connectivity index (χ1v) is 9.13. The van der Waals surface area contributed by atoms with Crippen LogP contribution in [0.1, 0.15) is 17.8 Å². The molecule has 3 rings (SSSR count). The molecule has 0 bridgehead atoms. The number of aromatic nitrogens is 2. The van der Waals surface area contributed by atoms with Crippen molar-refractivity contribution in [2.45, 2.75) is 6.42 Å². The average molecular weight is 435 g/mol. The Kier molecular flexibility index (Phi) is 10.5. The van der Waals surface area contributed by atoms with Gasteiger partial charge in [-0.2, -0.15) is 0 Å². The number of hydrogen-bond donors (Lipinski definition) is 1. The van der Waals surface area contributed by atoms with Crippen molar-refractivity contribution >= 4 is 53.7 Å². The van der Waals surface area contributed by atoms with Gasteiger partial charge in [-0.1, -0.05) is 30.3 Å². The van der Waals surface area contributed by atoms with Crippen molar-refractivity contribution in [3.63, 3.8) is 0 Å². The van der Waals surface area contributed by atoms with E-state index in [1.165, 1.54) is 0 Å². The van der Waals surface area contributed by atoms with Crippen LogP contribution < -0.4 is 10.1 Å². The van der Waals surface area contributed by atoms with Gasteiger partial charge in [-0.3, -0.25) is 0 Å². The lowest BCUT2D eigenvalue weighted by atomic mass is 10.2. The van der Waals surface area contributed by atoms with E-state index in [1.54, 1.807) is 7.11 Å². The van der Waals surface area contributed by atoms with Gasteiger partial charge in [0.15, 0.2) is 5.82 Å². The first-order valence-electron chi connectivity index (χ1n) is 9.13. The molecule has 0 aliphatic heterocycles. The summed E-state index contributed by atoms with van der Waals surface area (Å²) in [5.41, 5.74) is 2.02. The lowest BCUT2D eigenvalue weighted by Crippen LogP contribution is -2.16. The third-order valence-electron chi connectivity index (χ3n) is 4.24. The van der Waals surface area contributed by atoms with Crippen LogP contribution >= 0.6 is 24.8 Å². The third-order valence-corrected chi connectivity index (χ3v) is 4.24. The third kappa shape index (κ3) is 7.20. The molecule has 0 aliphatic carbocycles. The number of rotatable bonds is 8. The summed E-state index contributed by atoms with van der Waals surface area (Å²) in [5, 5.41) is 4.51. The van der Waals surface area contributed by atoms with Crippen LogP contribution in [0.5, 0.6) is 5.75 Å².